The molecule has 0 aromatic rings. The average molecular weight is 144 g/mol. The Kier molecular flexibility index (Phi) is 2.45. The topological polar surface area (TPSA) is 0 Å². The average Bonchev–Trinajstić information content (AvgIpc) is 1.90. The standard InChI is InChI=1S/C8H16S/c1-3-8(2)6-4-5-7-9-8/h3-7H2,1-2H3. The van der Waals surface area contributed by atoms with Crippen LogP contribution in [0.3, 0.4) is 0 Å². The highest BCUT2D eigenvalue weighted by atomic mass is 32.2. The molecule has 1 saturated heterocycles. The first kappa shape index (κ1) is 7.46. The van der Waals surface area contributed by atoms with Crippen molar-refractivity contribution < 1.29 is 0 Å². The predicted molar refractivity (Wildman–Crippen MR) is 45.0 cm³/mol. The Labute approximate surface area is 62.4 Å². The van der Waals surface area contributed by atoms with E-state index in [9.17, 15) is 0 Å². The van der Waals surface area contributed by atoms with Crippen LogP contribution in [0.25, 0.3) is 0 Å². The fourth-order valence-electron chi connectivity index (χ4n) is 1.27. The zero-order valence-electron chi connectivity index (χ0n) is 6.44. The van der Waals surface area contributed by atoms with Crippen LogP contribution in [0.4, 0.5) is 0 Å². The van der Waals surface area contributed by atoms with Crippen molar-refractivity contribution >= 4 is 11.8 Å². The van der Waals surface area contributed by atoms with E-state index in [1.807, 2.05) is 0 Å². The molecule has 9 heavy (non-hydrogen) atoms. The maximum atomic E-state index is 2.40. The third kappa shape index (κ3) is 1.89. The fraction of sp³-hybridized carbons (Fsp3) is 1.00. The van der Waals surface area contributed by atoms with Crippen molar-refractivity contribution in [3.63, 3.8) is 0 Å². The SMILES string of the molecule is CCC1(C)CCCCS1. The first-order chi connectivity index (χ1) is 4.27. The third-order valence-corrected chi connectivity index (χ3v) is 3.98. The highest BCUT2D eigenvalue weighted by molar-refractivity contribution is 8.00. The van der Waals surface area contributed by atoms with Crippen LogP contribution in [-0.4, -0.2) is 10.5 Å². The van der Waals surface area contributed by atoms with Crippen molar-refractivity contribution in [3.05, 3.63) is 0 Å². The molecule has 1 unspecified atom stereocenters. The Bertz CT molecular complexity index is 82.6. The molecular weight excluding hydrogens is 128 g/mol. The van der Waals surface area contributed by atoms with Crippen LogP contribution < -0.4 is 0 Å². The molecule has 1 heterocycles. The van der Waals surface area contributed by atoms with Gasteiger partial charge in [-0.3, -0.25) is 0 Å². The van der Waals surface area contributed by atoms with E-state index in [-0.39, 0.29) is 0 Å². The van der Waals surface area contributed by atoms with Crippen LogP contribution in [-0.2, 0) is 0 Å². The molecule has 1 atom stereocenters. The summed E-state index contributed by atoms with van der Waals surface area (Å²) in [6, 6.07) is 0. The van der Waals surface area contributed by atoms with E-state index in [0.717, 1.165) is 0 Å². The molecule has 0 nitrogen and oxygen atoms in total. The van der Waals surface area contributed by atoms with Gasteiger partial charge in [-0.2, -0.15) is 11.8 Å². The Morgan fingerprint density at radius 2 is 2.22 bits per heavy atom. The third-order valence-electron chi connectivity index (χ3n) is 2.30. The lowest BCUT2D eigenvalue weighted by Crippen LogP contribution is -2.22. The molecule has 0 radical (unpaired) electrons. The second kappa shape index (κ2) is 2.96. The number of rotatable bonds is 1. The van der Waals surface area contributed by atoms with E-state index in [0.29, 0.717) is 4.75 Å². The highest BCUT2D eigenvalue weighted by Crippen LogP contribution is 2.38. The molecule has 0 aromatic heterocycles. The Morgan fingerprint density at radius 3 is 2.56 bits per heavy atom. The zero-order valence-corrected chi connectivity index (χ0v) is 7.26. The van der Waals surface area contributed by atoms with Gasteiger partial charge in [-0.1, -0.05) is 20.3 Å². The van der Waals surface area contributed by atoms with Gasteiger partial charge >= 0.3 is 0 Å². The smallest absolute Gasteiger partial charge is 0.0129 e. The van der Waals surface area contributed by atoms with Crippen molar-refractivity contribution in [2.45, 2.75) is 44.3 Å². The zero-order chi connectivity index (χ0) is 6.74. The molecule has 0 aromatic carbocycles. The number of hydrogen-bond donors (Lipinski definition) is 0. The Morgan fingerprint density at radius 1 is 1.44 bits per heavy atom. The van der Waals surface area contributed by atoms with Crippen LogP contribution >= 0.6 is 11.8 Å². The molecule has 1 heteroatoms. The molecule has 54 valence electrons. The first-order valence-corrected chi connectivity index (χ1v) is 4.89. The quantitative estimate of drug-likeness (QED) is 0.545. The number of thioether (sulfide) groups is 1. The van der Waals surface area contributed by atoms with Crippen molar-refractivity contribution in [2.24, 2.45) is 0 Å². The van der Waals surface area contributed by atoms with Gasteiger partial charge in [0.2, 0.25) is 0 Å². The van der Waals surface area contributed by atoms with Crippen molar-refractivity contribution in [3.8, 4) is 0 Å². The van der Waals surface area contributed by atoms with E-state index < -0.39 is 0 Å². The lowest BCUT2D eigenvalue weighted by atomic mass is 10.0. The highest BCUT2D eigenvalue weighted by Gasteiger charge is 2.24. The molecule has 0 bridgehead atoms. The van der Waals surface area contributed by atoms with Gasteiger partial charge in [-0.15, -0.1) is 0 Å². The summed E-state index contributed by atoms with van der Waals surface area (Å²) in [6.07, 6.45) is 5.68. The van der Waals surface area contributed by atoms with Gasteiger partial charge in [0.25, 0.3) is 0 Å². The van der Waals surface area contributed by atoms with E-state index in [1.54, 1.807) is 0 Å². The molecule has 0 N–H and O–H groups in total. The summed E-state index contributed by atoms with van der Waals surface area (Å²) >= 11 is 2.17. The summed E-state index contributed by atoms with van der Waals surface area (Å²) in [5, 5.41) is 0. The predicted octanol–water partition coefficient (Wildman–Crippen LogP) is 3.07. The minimum Gasteiger partial charge on any atom is -0.155 e. The van der Waals surface area contributed by atoms with E-state index >= 15 is 0 Å². The molecule has 1 aliphatic heterocycles. The Balaban J connectivity index is 2.37. The summed E-state index contributed by atoms with van der Waals surface area (Å²) in [4.78, 5) is 0. The minimum absolute atomic E-state index is 0.637. The van der Waals surface area contributed by atoms with E-state index in [4.69, 9.17) is 0 Å². The minimum atomic E-state index is 0.637. The Hall–Kier alpha value is 0.350. The molecule has 1 rings (SSSR count). The fourth-order valence-corrected chi connectivity index (χ4v) is 2.60. The molecular formula is C8H16S. The van der Waals surface area contributed by atoms with Gasteiger partial charge in [-0.25, -0.2) is 0 Å². The summed E-state index contributed by atoms with van der Waals surface area (Å²) in [5.41, 5.74) is 0. The van der Waals surface area contributed by atoms with Crippen LogP contribution in [0.15, 0.2) is 0 Å². The molecule has 1 fully saturated rings. The van der Waals surface area contributed by atoms with Gasteiger partial charge in [-0.05, 0) is 25.0 Å². The summed E-state index contributed by atoms with van der Waals surface area (Å²) in [6.45, 7) is 4.70. The van der Waals surface area contributed by atoms with Gasteiger partial charge in [0, 0.05) is 4.75 Å². The summed E-state index contributed by atoms with van der Waals surface area (Å²) in [5.74, 6) is 1.39. The maximum Gasteiger partial charge on any atom is 0.0129 e. The monoisotopic (exact) mass is 144 g/mol. The lowest BCUT2D eigenvalue weighted by Gasteiger charge is -2.31. The molecule has 1 aliphatic rings. The van der Waals surface area contributed by atoms with E-state index in [2.05, 4.69) is 25.6 Å². The van der Waals surface area contributed by atoms with Crippen LogP contribution in [0.2, 0.25) is 0 Å². The first-order valence-electron chi connectivity index (χ1n) is 3.91. The van der Waals surface area contributed by atoms with E-state index in [1.165, 1.54) is 31.4 Å². The largest absolute Gasteiger partial charge is 0.155 e. The second-order valence-corrected chi connectivity index (χ2v) is 4.79. The normalized spacial score (nSPS) is 36.7. The van der Waals surface area contributed by atoms with Crippen LogP contribution in [0.1, 0.15) is 39.5 Å². The van der Waals surface area contributed by atoms with Gasteiger partial charge in [0.05, 0.1) is 0 Å². The van der Waals surface area contributed by atoms with Crippen molar-refractivity contribution in [1.29, 1.82) is 0 Å². The van der Waals surface area contributed by atoms with Crippen LogP contribution in [0.5, 0.6) is 0 Å². The van der Waals surface area contributed by atoms with Gasteiger partial charge < -0.3 is 0 Å². The molecule has 0 spiro atoms. The van der Waals surface area contributed by atoms with Gasteiger partial charge in [0.1, 0.15) is 0 Å². The summed E-state index contributed by atoms with van der Waals surface area (Å²) < 4.78 is 0.637. The van der Waals surface area contributed by atoms with Gasteiger partial charge in [0.15, 0.2) is 0 Å². The molecule has 0 amide bonds. The van der Waals surface area contributed by atoms with Crippen molar-refractivity contribution in [1.82, 2.24) is 0 Å². The molecule has 0 saturated carbocycles. The lowest BCUT2D eigenvalue weighted by molar-refractivity contribution is 0.522. The second-order valence-electron chi connectivity index (χ2n) is 3.11. The molecule has 0 aliphatic carbocycles. The maximum absolute atomic E-state index is 2.40. The van der Waals surface area contributed by atoms with Crippen molar-refractivity contribution in [2.75, 3.05) is 5.75 Å². The van der Waals surface area contributed by atoms with Crippen LogP contribution in [0, 0.1) is 0 Å². The summed E-state index contributed by atoms with van der Waals surface area (Å²) in [7, 11) is 0. The number of hydrogen-bond acceptors (Lipinski definition) is 1.